The summed E-state index contributed by atoms with van der Waals surface area (Å²) in [6.07, 6.45) is 4.40. The van der Waals surface area contributed by atoms with E-state index in [0.717, 1.165) is 44.0 Å². The molecule has 2 N–H and O–H groups in total. The number of nitrogens with zero attached hydrogens (tertiary/aromatic N) is 5. The predicted octanol–water partition coefficient (Wildman–Crippen LogP) is 8.01. The molecule has 7 nitrogen and oxygen atoms in total. The Morgan fingerprint density at radius 2 is 1.68 bits per heavy atom. The second kappa shape index (κ2) is 16.2. The largest absolute Gasteiger partial charge is 0.369 e. The van der Waals surface area contributed by atoms with Gasteiger partial charge in [-0.15, -0.1) is 0 Å². The van der Waals surface area contributed by atoms with Gasteiger partial charge in [0.1, 0.15) is 17.6 Å². The number of pyridine rings is 1. The van der Waals surface area contributed by atoms with Crippen LogP contribution in [0.2, 0.25) is 5.02 Å². The molecule has 44 heavy (non-hydrogen) atoms. The van der Waals surface area contributed by atoms with Crippen molar-refractivity contribution in [3.63, 3.8) is 0 Å². The molecule has 0 bridgehead atoms. The van der Waals surface area contributed by atoms with Gasteiger partial charge in [-0.1, -0.05) is 39.3 Å². The summed E-state index contributed by atoms with van der Waals surface area (Å²) < 4.78 is 51.2. The summed E-state index contributed by atoms with van der Waals surface area (Å²) in [4.78, 5) is 6.21. The van der Waals surface area contributed by atoms with E-state index in [1.807, 2.05) is 33.8 Å². The van der Waals surface area contributed by atoms with Crippen LogP contribution >= 0.6 is 23.7 Å². The van der Waals surface area contributed by atoms with Gasteiger partial charge in [-0.2, -0.15) is 5.10 Å². The number of benzene rings is 2. The third-order valence-electron chi connectivity index (χ3n) is 7.03. The molecule has 2 aromatic heterocycles. The summed E-state index contributed by atoms with van der Waals surface area (Å²) in [6.45, 7) is 12.1. The van der Waals surface area contributed by atoms with Gasteiger partial charge in [0.15, 0.2) is 11.6 Å². The van der Waals surface area contributed by atoms with Gasteiger partial charge in [0.05, 0.1) is 5.69 Å². The average molecular weight is 646 g/mol. The SMILES string of the molecule is CC.CC.Fc1cc(N2CCNCC2)ccc1-n1cc(-c2cc(Cl)cc(NSN3CCC(F)C3)c2F)c(-c2ccncc2)n1. The number of halogens is 4. The van der Waals surface area contributed by atoms with E-state index in [9.17, 15) is 4.39 Å². The molecule has 0 saturated carbocycles. The lowest BCUT2D eigenvalue weighted by Crippen LogP contribution is -2.43. The minimum Gasteiger partial charge on any atom is -0.369 e. The molecule has 2 aromatic carbocycles. The zero-order chi connectivity index (χ0) is 31.6. The maximum Gasteiger partial charge on any atom is 0.155 e. The summed E-state index contributed by atoms with van der Waals surface area (Å²) in [6, 6.07) is 11.6. The molecule has 6 rings (SSSR count). The van der Waals surface area contributed by atoms with E-state index < -0.39 is 17.8 Å². The van der Waals surface area contributed by atoms with Crippen LogP contribution in [0.5, 0.6) is 0 Å². The fourth-order valence-corrected chi connectivity index (χ4v) is 5.99. The summed E-state index contributed by atoms with van der Waals surface area (Å²) >= 11 is 7.58. The standard InChI is InChI=1S/C28H27ClF3N7S.2C2H6/c29-19-13-22(27(32)25(14-19)36-40-38-10-5-20(30)16-38)23-17-39(35-28(23)18-3-6-33-7-4-18)26-2-1-21(15-24(26)31)37-11-8-34-9-12-37;2*1-2/h1-4,6-7,13-15,17,20,34,36H,5,8-12,16H2;2*1-2H3. The topological polar surface area (TPSA) is 61.2 Å². The first kappa shape index (κ1) is 33.6. The second-order valence-electron chi connectivity index (χ2n) is 9.73. The number of nitrogens with one attached hydrogen (secondary N) is 2. The minimum absolute atomic E-state index is 0.162. The number of rotatable bonds is 7. The van der Waals surface area contributed by atoms with Crippen LogP contribution in [0.1, 0.15) is 34.1 Å². The molecule has 1 atom stereocenters. The molecular formula is C32H39ClF3N7S. The van der Waals surface area contributed by atoms with Crippen LogP contribution in [0.25, 0.3) is 28.1 Å². The Morgan fingerprint density at radius 1 is 0.955 bits per heavy atom. The maximum absolute atomic E-state index is 16.0. The Kier molecular flexibility index (Phi) is 12.4. The molecule has 236 valence electrons. The van der Waals surface area contributed by atoms with Gasteiger partial charge in [0, 0.05) is 97.4 Å². The van der Waals surface area contributed by atoms with Gasteiger partial charge in [-0.3, -0.25) is 4.98 Å². The van der Waals surface area contributed by atoms with Crippen molar-refractivity contribution in [1.82, 2.24) is 24.4 Å². The Morgan fingerprint density at radius 3 is 2.34 bits per heavy atom. The van der Waals surface area contributed by atoms with Crippen LogP contribution < -0.4 is 14.9 Å². The summed E-state index contributed by atoms with van der Waals surface area (Å²) in [5.41, 5.74) is 2.99. The van der Waals surface area contributed by atoms with Crippen LogP contribution in [0.15, 0.2) is 61.1 Å². The average Bonchev–Trinajstić information content (AvgIpc) is 3.70. The zero-order valence-electron chi connectivity index (χ0n) is 25.5. The Bertz CT molecular complexity index is 1500. The van der Waals surface area contributed by atoms with E-state index >= 15 is 8.78 Å². The van der Waals surface area contributed by atoms with Crippen molar-refractivity contribution in [1.29, 1.82) is 0 Å². The Hall–Kier alpha value is -3.25. The second-order valence-corrected chi connectivity index (χ2v) is 11.1. The number of hydrogen-bond donors (Lipinski definition) is 2. The van der Waals surface area contributed by atoms with Crippen LogP contribution in [-0.4, -0.2) is 64.5 Å². The van der Waals surface area contributed by atoms with Crippen LogP contribution in [0.3, 0.4) is 0 Å². The van der Waals surface area contributed by atoms with E-state index in [2.05, 4.69) is 25.0 Å². The highest BCUT2D eigenvalue weighted by Gasteiger charge is 2.25. The Balaban J connectivity index is 0.00000106. The highest BCUT2D eigenvalue weighted by molar-refractivity contribution is 7.98. The summed E-state index contributed by atoms with van der Waals surface area (Å²) in [5.74, 6) is -0.981. The molecule has 0 amide bonds. The highest BCUT2D eigenvalue weighted by atomic mass is 35.5. The van der Waals surface area contributed by atoms with Crippen molar-refractivity contribution in [3.05, 3.63) is 77.7 Å². The van der Waals surface area contributed by atoms with Crippen molar-refractivity contribution < 1.29 is 13.2 Å². The molecule has 0 aliphatic carbocycles. The third-order valence-corrected chi connectivity index (χ3v) is 8.15. The van der Waals surface area contributed by atoms with Gasteiger partial charge >= 0.3 is 0 Å². The summed E-state index contributed by atoms with van der Waals surface area (Å²) in [5, 5.41) is 8.29. The van der Waals surface area contributed by atoms with Crippen molar-refractivity contribution in [2.45, 2.75) is 40.3 Å². The first-order valence-corrected chi connectivity index (χ1v) is 16.2. The first-order chi connectivity index (χ1) is 21.5. The number of aromatic nitrogens is 3. The van der Waals surface area contributed by atoms with Crippen molar-refractivity contribution in [2.75, 3.05) is 48.9 Å². The zero-order valence-corrected chi connectivity index (χ0v) is 27.0. The van der Waals surface area contributed by atoms with E-state index in [0.29, 0.717) is 34.8 Å². The first-order valence-electron chi connectivity index (χ1n) is 15.0. The van der Waals surface area contributed by atoms with Gasteiger partial charge in [0.2, 0.25) is 0 Å². The number of hydrogen-bond acceptors (Lipinski definition) is 7. The van der Waals surface area contributed by atoms with E-state index in [1.54, 1.807) is 41.1 Å². The maximum atomic E-state index is 16.0. The Labute approximate surface area is 267 Å². The molecule has 12 heteroatoms. The lowest BCUT2D eigenvalue weighted by Gasteiger charge is -2.29. The molecule has 2 fully saturated rings. The van der Waals surface area contributed by atoms with E-state index in [4.69, 9.17) is 11.6 Å². The normalized spacial score (nSPS) is 16.5. The van der Waals surface area contributed by atoms with Gasteiger partial charge < -0.3 is 14.9 Å². The smallest absolute Gasteiger partial charge is 0.155 e. The predicted molar refractivity (Wildman–Crippen MR) is 177 cm³/mol. The molecule has 1 unspecified atom stereocenters. The lowest BCUT2D eigenvalue weighted by molar-refractivity contribution is 0.349. The quantitative estimate of drug-likeness (QED) is 0.197. The molecule has 0 spiro atoms. The van der Waals surface area contributed by atoms with E-state index in [1.165, 1.54) is 22.9 Å². The van der Waals surface area contributed by atoms with Crippen molar-refractivity contribution in [3.8, 4) is 28.1 Å². The molecule has 4 heterocycles. The molecule has 2 saturated heterocycles. The van der Waals surface area contributed by atoms with Crippen LogP contribution in [0, 0.1) is 11.6 Å². The fraction of sp³-hybridized carbons (Fsp3) is 0.375. The highest BCUT2D eigenvalue weighted by Crippen LogP contribution is 2.39. The molecule has 4 aromatic rings. The molecule has 2 aliphatic rings. The third kappa shape index (κ3) is 7.87. The number of anilines is 2. The number of alkyl halides is 1. The van der Waals surface area contributed by atoms with E-state index in [-0.39, 0.29) is 23.5 Å². The molecule has 0 radical (unpaired) electrons. The van der Waals surface area contributed by atoms with Crippen LogP contribution in [0.4, 0.5) is 24.5 Å². The van der Waals surface area contributed by atoms with Crippen LogP contribution in [-0.2, 0) is 0 Å². The molecule has 2 aliphatic heterocycles. The monoisotopic (exact) mass is 645 g/mol. The minimum atomic E-state index is -0.894. The van der Waals surface area contributed by atoms with Crippen molar-refractivity contribution >= 4 is 35.1 Å². The van der Waals surface area contributed by atoms with Gasteiger partial charge in [-0.25, -0.2) is 22.2 Å². The van der Waals surface area contributed by atoms with Gasteiger partial charge in [-0.05, 0) is 48.9 Å². The fourth-order valence-electron chi connectivity index (χ4n) is 4.96. The number of piperazine rings is 1. The molecular weight excluding hydrogens is 607 g/mol. The van der Waals surface area contributed by atoms with Crippen molar-refractivity contribution in [2.24, 2.45) is 0 Å². The lowest BCUT2D eigenvalue weighted by atomic mass is 10.0. The summed E-state index contributed by atoms with van der Waals surface area (Å²) in [7, 11) is 0. The van der Waals surface area contributed by atoms with Gasteiger partial charge in [0.25, 0.3) is 0 Å².